The molecule has 1 fully saturated rings. The molecule has 0 radical (unpaired) electrons. The molecule has 104 valence electrons. The molecule has 0 aliphatic heterocycles. The topological polar surface area (TPSA) is 60.4 Å². The predicted molar refractivity (Wildman–Crippen MR) is 73.4 cm³/mol. The maximum Gasteiger partial charge on any atom is 0.177 e. The molecule has 0 atom stereocenters. The summed E-state index contributed by atoms with van der Waals surface area (Å²) in [7, 11) is -1.76. The van der Waals surface area contributed by atoms with Gasteiger partial charge in [-0.3, -0.25) is 4.79 Å². The summed E-state index contributed by atoms with van der Waals surface area (Å²) in [5, 5.41) is -0.324. The average molecular weight is 282 g/mol. The molecule has 0 bridgehead atoms. The molecule has 5 heteroatoms. The Labute approximate surface area is 113 Å². The second-order valence-electron chi connectivity index (χ2n) is 4.87. The normalized spacial score (nSPS) is 16.5. The largest absolute Gasteiger partial charge is 0.497 e. The zero-order valence-electron chi connectivity index (χ0n) is 11.0. The molecule has 0 saturated heterocycles. The fraction of sp³-hybridized carbons (Fsp3) is 0.500. The summed E-state index contributed by atoms with van der Waals surface area (Å²) < 4.78 is 29.2. The Morgan fingerprint density at radius 2 is 1.79 bits per heavy atom. The van der Waals surface area contributed by atoms with Crippen molar-refractivity contribution in [2.45, 2.75) is 30.9 Å². The summed E-state index contributed by atoms with van der Waals surface area (Å²) in [4.78, 5) is 12.0. The van der Waals surface area contributed by atoms with E-state index in [1.54, 1.807) is 31.4 Å². The zero-order chi connectivity index (χ0) is 13.9. The minimum atomic E-state index is -3.30. The van der Waals surface area contributed by atoms with Crippen LogP contribution in [0, 0.1) is 0 Å². The van der Waals surface area contributed by atoms with E-state index in [0.717, 1.165) is 12.8 Å². The number of methoxy groups -OCH3 is 1. The van der Waals surface area contributed by atoms with Gasteiger partial charge in [0, 0.05) is 5.56 Å². The minimum absolute atomic E-state index is 0.324. The highest BCUT2D eigenvalue weighted by Gasteiger charge is 2.30. The fourth-order valence-electron chi connectivity index (χ4n) is 2.41. The van der Waals surface area contributed by atoms with Crippen LogP contribution in [0.3, 0.4) is 0 Å². The Kier molecular flexibility index (Phi) is 4.24. The van der Waals surface area contributed by atoms with Gasteiger partial charge in [-0.15, -0.1) is 0 Å². The lowest BCUT2D eigenvalue weighted by molar-refractivity contribution is 0.102. The van der Waals surface area contributed by atoms with Gasteiger partial charge >= 0.3 is 0 Å². The van der Waals surface area contributed by atoms with Crippen molar-refractivity contribution in [2.75, 3.05) is 12.9 Å². The van der Waals surface area contributed by atoms with E-state index >= 15 is 0 Å². The van der Waals surface area contributed by atoms with Crippen LogP contribution in [0.1, 0.15) is 36.0 Å². The molecule has 0 N–H and O–H groups in total. The van der Waals surface area contributed by atoms with Crippen LogP contribution in [-0.2, 0) is 9.84 Å². The first-order valence-electron chi connectivity index (χ1n) is 6.42. The lowest BCUT2D eigenvalue weighted by atomic mass is 10.1. The first kappa shape index (κ1) is 14.1. The summed E-state index contributed by atoms with van der Waals surface area (Å²) in [5.74, 6) is -0.0750. The van der Waals surface area contributed by atoms with Gasteiger partial charge in [-0.1, -0.05) is 12.8 Å². The van der Waals surface area contributed by atoms with Gasteiger partial charge in [0.2, 0.25) is 0 Å². The second kappa shape index (κ2) is 5.74. The van der Waals surface area contributed by atoms with Crippen molar-refractivity contribution in [3.8, 4) is 5.75 Å². The van der Waals surface area contributed by atoms with Crippen molar-refractivity contribution >= 4 is 15.6 Å². The fourth-order valence-corrected chi connectivity index (χ4v) is 4.23. The quantitative estimate of drug-likeness (QED) is 0.777. The SMILES string of the molecule is COc1ccc(C(=O)CS(=O)(=O)C2CCCC2)cc1. The Bertz CT molecular complexity index is 539. The highest BCUT2D eigenvalue weighted by atomic mass is 32.2. The van der Waals surface area contributed by atoms with E-state index in [9.17, 15) is 13.2 Å². The lowest BCUT2D eigenvalue weighted by Crippen LogP contribution is -2.25. The van der Waals surface area contributed by atoms with E-state index in [2.05, 4.69) is 0 Å². The van der Waals surface area contributed by atoms with Gasteiger partial charge in [-0.2, -0.15) is 0 Å². The van der Waals surface area contributed by atoms with E-state index < -0.39 is 9.84 Å². The number of sulfone groups is 1. The molecule has 0 unspecified atom stereocenters. The third-order valence-corrected chi connectivity index (χ3v) is 5.71. The third-order valence-electron chi connectivity index (χ3n) is 3.55. The molecule has 1 aliphatic rings. The van der Waals surface area contributed by atoms with Crippen molar-refractivity contribution in [3.05, 3.63) is 29.8 Å². The van der Waals surface area contributed by atoms with Crippen LogP contribution in [0.15, 0.2) is 24.3 Å². The van der Waals surface area contributed by atoms with Crippen molar-refractivity contribution in [2.24, 2.45) is 0 Å². The highest BCUT2D eigenvalue weighted by molar-refractivity contribution is 7.92. The van der Waals surface area contributed by atoms with Crippen molar-refractivity contribution in [1.82, 2.24) is 0 Å². The number of ketones is 1. The Morgan fingerprint density at radius 1 is 1.21 bits per heavy atom. The molecule has 4 nitrogen and oxygen atoms in total. The van der Waals surface area contributed by atoms with Gasteiger partial charge in [0.05, 0.1) is 12.4 Å². The van der Waals surface area contributed by atoms with Gasteiger partial charge in [-0.05, 0) is 37.1 Å². The number of ether oxygens (including phenoxy) is 1. The molecule has 1 aromatic rings. The summed E-state index contributed by atoms with van der Waals surface area (Å²) >= 11 is 0. The Hall–Kier alpha value is -1.36. The van der Waals surface area contributed by atoms with E-state index in [0.29, 0.717) is 24.2 Å². The third kappa shape index (κ3) is 3.35. The van der Waals surface area contributed by atoms with Crippen molar-refractivity contribution in [3.63, 3.8) is 0 Å². The summed E-state index contributed by atoms with van der Waals surface area (Å²) in [6.07, 6.45) is 3.28. The molecule has 1 aromatic carbocycles. The number of carbonyl (C=O) groups is 1. The molecule has 0 heterocycles. The van der Waals surface area contributed by atoms with E-state index in [4.69, 9.17) is 4.74 Å². The van der Waals surface area contributed by atoms with Crippen LogP contribution < -0.4 is 4.74 Å². The van der Waals surface area contributed by atoms with Gasteiger partial charge in [0.25, 0.3) is 0 Å². The molecular formula is C14H18O4S. The number of carbonyl (C=O) groups excluding carboxylic acids is 1. The van der Waals surface area contributed by atoms with E-state index in [1.807, 2.05) is 0 Å². The standard InChI is InChI=1S/C14H18O4S/c1-18-12-8-6-11(7-9-12)14(15)10-19(16,17)13-4-2-3-5-13/h6-9,13H,2-5,10H2,1H3. The average Bonchev–Trinajstić information content (AvgIpc) is 2.93. The summed E-state index contributed by atoms with van der Waals surface area (Å²) in [6, 6.07) is 6.53. The number of hydrogen-bond acceptors (Lipinski definition) is 4. The molecule has 0 aromatic heterocycles. The van der Waals surface area contributed by atoms with Crippen LogP contribution in [0.5, 0.6) is 5.75 Å². The van der Waals surface area contributed by atoms with Crippen molar-refractivity contribution in [1.29, 1.82) is 0 Å². The molecule has 2 rings (SSSR count). The lowest BCUT2D eigenvalue weighted by Gasteiger charge is -2.10. The van der Waals surface area contributed by atoms with Crippen LogP contribution >= 0.6 is 0 Å². The molecule has 19 heavy (non-hydrogen) atoms. The minimum Gasteiger partial charge on any atom is -0.497 e. The molecule has 0 amide bonds. The van der Waals surface area contributed by atoms with Crippen LogP contribution in [0.4, 0.5) is 0 Å². The Balaban J connectivity index is 2.07. The van der Waals surface area contributed by atoms with Gasteiger partial charge in [0.1, 0.15) is 11.5 Å². The summed E-state index contributed by atoms with van der Waals surface area (Å²) in [5.41, 5.74) is 0.419. The van der Waals surface area contributed by atoms with Gasteiger partial charge in [0.15, 0.2) is 15.6 Å². The summed E-state index contributed by atoms with van der Waals surface area (Å²) in [6.45, 7) is 0. The monoisotopic (exact) mass is 282 g/mol. The van der Waals surface area contributed by atoms with Gasteiger partial charge in [-0.25, -0.2) is 8.42 Å². The van der Waals surface area contributed by atoms with Gasteiger partial charge < -0.3 is 4.74 Å². The maximum absolute atomic E-state index is 12.1. The second-order valence-corrected chi connectivity index (χ2v) is 7.15. The first-order valence-corrected chi connectivity index (χ1v) is 8.13. The van der Waals surface area contributed by atoms with Crippen molar-refractivity contribution < 1.29 is 17.9 Å². The zero-order valence-corrected chi connectivity index (χ0v) is 11.8. The molecule has 1 aliphatic carbocycles. The van der Waals surface area contributed by atoms with E-state index in [-0.39, 0.29) is 16.8 Å². The number of hydrogen-bond donors (Lipinski definition) is 0. The smallest absolute Gasteiger partial charge is 0.177 e. The van der Waals surface area contributed by atoms with Crippen LogP contribution in [0.2, 0.25) is 0 Å². The predicted octanol–water partition coefficient (Wildman–Crippen LogP) is 2.24. The molecule has 0 spiro atoms. The van der Waals surface area contributed by atoms with E-state index in [1.165, 1.54) is 0 Å². The van der Waals surface area contributed by atoms with Crippen LogP contribution in [-0.4, -0.2) is 32.3 Å². The highest BCUT2D eigenvalue weighted by Crippen LogP contribution is 2.25. The number of rotatable bonds is 5. The number of benzene rings is 1. The maximum atomic E-state index is 12.1. The molecule has 1 saturated carbocycles. The number of Topliss-reactive ketones (excluding diaryl/α,β-unsaturated/α-hetero) is 1. The Morgan fingerprint density at radius 3 is 2.32 bits per heavy atom. The first-order chi connectivity index (χ1) is 9.03. The molecular weight excluding hydrogens is 264 g/mol. The van der Waals surface area contributed by atoms with Crippen LogP contribution in [0.25, 0.3) is 0 Å².